The van der Waals surface area contributed by atoms with E-state index in [2.05, 4.69) is 0 Å². The Hall–Kier alpha value is -1.50. The van der Waals surface area contributed by atoms with Crippen molar-refractivity contribution in [1.29, 1.82) is 0 Å². The number of hydrogen-bond donors (Lipinski definition) is 1. The zero-order valence-electron chi connectivity index (χ0n) is 12.7. The minimum atomic E-state index is -1.06. The lowest BCUT2D eigenvalue weighted by Crippen LogP contribution is -2.46. The van der Waals surface area contributed by atoms with Crippen LogP contribution in [0.2, 0.25) is 10.0 Å². The molecule has 0 aromatic heterocycles. The molecule has 1 aliphatic heterocycles. The minimum absolute atomic E-state index is 0.224. The Kier molecular flexibility index (Phi) is 5.73. The predicted molar refractivity (Wildman–Crippen MR) is 85.1 cm³/mol. The fourth-order valence-corrected chi connectivity index (χ4v) is 2.77. The lowest BCUT2D eigenvalue weighted by molar-refractivity contribution is -0.150. The molecule has 1 aromatic rings. The van der Waals surface area contributed by atoms with E-state index in [-0.39, 0.29) is 19.1 Å². The number of halogens is 2. The Balaban J connectivity index is 2.08. The Labute approximate surface area is 143 Å². The first-order valence-electron chi connectivity index (χ1n) is 7.01. The molecule has 6 nitrogen and oxygen atoms in total. The molecule has 1 amide bonds. The van der Waals surface area contributed by atoms with Gasteiger partial charge < -0.3 is 19.5 Å². The number of aliphatic carboxylic acids is 1. The van der Waals surface area contributed by atoms with Gasteiger partial charge in [-0.15, -0.1) is 0 Å². The summed E-state index contributed by atoms with van der Waals surface area (Å²) < 4.78 is 10.7. The van der Waals surface area contributed by atoms with Gasteiger partial charge in [0, 0.05) is 26.1 Å². The SMILES string of the molecule is COC1CC(C(=O)O)N(C(=O)C(C)Oc2ccc(Cl)c(Cl)c2)C1. The van der Waals surface area contributed by atoms with E-state index in [1.807, 2.05) is 0 Å². The van der Waals surface area contributed by atoms with Gasteiger partial charge in [-0.3, -0.25) is 4.79 Å². The molecular weight excluding hydrogens is 345 g/mol. The van der Waals surface area contributed by atoms with Gasteiger partial charge in [0.1, 0.15) is 11.8 Å². The maximum atomic E-state index is 12.5. The number of hydrogen-bond acceptors (Lipinski definition) is 4. The van der Waals surface area contributed by atoms with E-state index in [9.17, 15) is 14.7 Å². The Morgan fingerprint density at radius 3 is 2.61 bits per heavy atom. The van der Waals surface area contributed by atoms with E-state index in [1.165, 1.54) is 18.1 Å². The molecule has 1 saturated heterocycles. The number of carbonyl (C=O) groups is 2. The summed E-state index contributed by atoms with van der Waals surface area (Å²) >= 11 is 11.7. The number of methoxy groups -OCH3 is 1. The van der Waals surface area contributed by atoms with Gasteiger partial charge in [-0.1, -0.05) is 23.2 Å². The van der Waals surface area contributed by atoms with Crippen molar-refractivity contribution in [3.05, 3.63) is 28.2 Å². The van der Waals surface area contributed by atoms with Gasteiger partial charge in [-0.05, 0) is 19.1 Å². The van der Waals surface area contributed by atoms with Crippen LogP contribution in [0.1, 0.15) is 13.3 Å². The van der Waals surface area contributed by atoms with Crippen LogP contribution >= 0.6 is 23.2 Å². The highest BCUT2D eigenvalue weighted by molar-refractivity contribution is 6.42. The number of likely N-dealkylation sites (tertiary alicyclic amines) is 1. The highest BCUT2D eigenvalue weighted by atomic mass is 35.5. The number of carbonyl (C=O) groups excluding carboxylic acids is 1. The van der Waals surface area contributed by atoms with Gasteiger partial charge in [-0.2, -0.15) is 0 Å². The number of carboxylic acids is 1. The van der Waals surface area contributed by atoms with Crippen LogP contribution < -0.4 is 4.74 Å². The van der Waals surface area contributed by atoms with Crippen LogP contribution in [0, 0.1) is 0 Å². The van der Waals surface area contributed by atoms with E-state index in [0.29, 0.717) is 15.8 Å². The summed E-state index contributed by atoms with van der Waals surface area (Å²) in [6, 6.07) is 3.75. The maximum absolute atomic E-state index is 12.5. The Morgan fingerprint density at radius 2 is 2.04 bits per heavy atom. The van der Waals surface area contributed by atoms with Crippen LogP contribution in [0.5, 0.6) is 5.75 Å². The average molecular weight is 362 g/mol. The van der Waals surface area contributed by atoms with Crippen molar-refractivity contribution in [2.24, 2.45) is 0 Å². The molecule has 0 bridgehead atoms. The molecule has 1 heterocycles. The third-order valence-corrected chi connectivity index (χ3v) is 4.45. The van der Waals surface area contributed by atoms with E-state index < -0.39 is 24.0 Å². The summed E-state index contributed by atoms with van der Waals surface area (Å²) in [5.41, 5.74) is 0. The number of carboxylic acid groups (broad SMARTS) is 1. The summed E-state index contributed by atoms with van der Waals surface area (Å²) in [4.78, 5) is 25.1. The van der Waals surface area contributed by atoms with Crippen LogP contribution in [0.3, 0.4) is 0 Å². The van der Waals surface area contributed by atoms with E-state index in [4.69, 9.17) is 32.7 Å². The molecule has 0 spiro atoms. The standard InChI is InChI=1S/C15H17Cl2NO5/c1-8(23-9-3-4-11(16)12(17)5-9)14(19)18-7-10(22-2)6-13(18)15(20)21/h3-5,8,10,13H,6-7H2,1-2H3,(H,20,21). The number of benzene rings is 1. The van der Waals surface area contributed by atoms with Gasteiger partial charge >= 0.3 is 5.97 Å². The number of nitrogens with zero attached hydrogens (tertiary/aromatic N) is 1. The number of amides is 1. The molecule has 2 rings (SSSR count). The first-order valence-corrected chi connectivity index (χ1v) is 7.77. The molecule has 1 fully saturated rings. The summed E-state index contributed by atoms with van der Waals surface area (Å²) in [6.07, 6.45) is -0.890. The van der Waals surface area contributed by atoms with Crippen LogP contribution in [-0.4, -0.2) is 53.8 Å². The normalized spacial score (nSPS) is 22.0. The van der Waals surface area contributed by atoms with Gasteiger partial charge in [0.15, 0.2) is 6.10 Å². The number of rotatable bonds is 5. The largest absolute Gasteiger partial charge is 0.481 e. The van der Waals surface area contributed by atoms with Crippen molar-refractivity contribution in [2.75, 3.05) is 13.7 Å². The van der Waals surface area contributed by atoms with Crippen LogP contribution in [-0.2, 0) is 14.3 Å². The topological polar surface area (TPSA) is 76.1 Å². The van der Waals surface area contributed by atoms with Crippen molar-refractivity contribution < 1.29 is 24.2 Å². The second-order valence-corrected chi connectivity index (χ2v) is 6.09. The Morgan fingerprint density at radius 1 is 1.35 bits per heavy atom. The molecule has 8 heteroatoms. The predicted octanol–water partition coefficient (Wildman–Crippen LogP) is 2.46. The number of ether oxygens (including phenoxy) is 2. The van der Waals surface area contributed by atoms with E-state index >= 15 is 0 Å². The molecule has 3 unspecified atom stereocenters. The first kappa shape index (κ1) is 17.8. The second kappa shape index (κ2) is 7.38. The summed E-state index contributed by atoms with van der Waals surface area (Å²) in [5, 5.41) is 9.96. The molecule has 23 heavy (non-hydrogen) atoms. The highest BCUT2D eigenvalue weighted by Crippen LogP contribution is 2.28. The van der Waals surface area contributed by atoms with Crippen LogP contribution in [0.15, 0.2) is 18.2 Å². The van der Waals surface area contributed by atoms with Gasteiger partial charge in [0.25, 0.3) is 5.91 Å². The molecule has 126 valence electrons. The maximum Gasteiger partial charge on any atom is 0.326 e. The molecule has 1 N–H and O–H groups in total. The summed E-state index contributed by atoms with van der Waals surface area (Å²) in [5.74, 6) is -1.09. The fourth-order valence-electron chi connectivity index (χ4n) is 2.48. The van der Waals surface area contributed by atoms with Gasteiger partial charge in [-0.25, -0.2) is 4.79 Å². The lowest BCUT2D eigenvalue weighted by atomic mass is 10.2. The zero-order valence-corrected chi connectivity index (χ0v) is 14.2. The van der Waals surface area contributed by atoms with Crippen molar-refractivity contribution in [3.63, 3.8) is 0 Å². The molecule has 1 aliphatic rings. The average Bonchev–Trinajstić information content (AvgIpc) is 2.94. The Bertz CT molecular complexity index is 610. The minimum Gasteiger partial charge on any atom is -0.481 e. The smallest absolute Gasteiger partial charge is 0.326 e. The van der Waals surface area contributed by atoms with Crippen molar-refractivity contribution >= 4 is 35.1 Å². The monoisotopic (exact) mass is 361 g/mol. The molecular formula is C15H17Cl2NO5. The van der Waals surface area contributed by atoms with E-state index in [0.717, 1.165) is 0 Å². The van der Waals surface area contributed by atoms with Crippen molar-refractivity contribution in [2.45, 2.75) is 31.6 Å². The van der Waals surface area contributed by atoms with E-state index in [1.54, 1.807) is 19.1 Å². The highest BCUT2D eigenvalue weighted by Gasteiger charge is 2.41. The zero-order chi connectivity index (χ0) is 17.1. The first-order chi connectivity index (χ1) is 10.8. The van der Waals surface area contributed by atoms with Crippen molar-refractivity contribution in [1.82, 2.24) is 4.90 Å². The fraction of sp³-hybridized carbons (Fsp3) is 0.467. The summed E-state index contributed by atoms with van der Waals surface area (Å²) in [6.45, 7) is 1.78. The van der Waals surface area contributed by atoms with Crippen LogP contribution in [0.25, 0.3) is 0 Å². The second-order valence-electron chi connectivity index (χ2n) is 5.27. The van der Waals surface area contributed by atoms with Crippen molar-refractivity contribution in [3.8, 4) is 5.75 Å². The quantitative estimate of drug-likeness (QED) is 0.871. The molecule has 0 radical (unpaired) electrons. The van der Waals surface area contributed by atoms with Gasteiger partial charge in [0.05, 0.1) is 16.1 Å². The summed E-state index contributed by atoms with van der Waals surface area (Å²) in [7, 11) is 1.49. The lowest BCUT2D eigenvalue weighted by Gasteiger charge is -2.25. The molecule has 3 atom stereocenters. The molecule has 0 aliphatic carbocycles. The molecule has 0 saturated carbocycles. The molecule has 1 aromatic carbocycles. The third kappa shape index (κ3) is 4.07. The van der Waals surface area contributed by atoms with Gasteiger partial charge in [0.2, 0.25) is 0 Å². The van der Waals surface area contributed by atoms with Crippen LogP contribution in [0.4, 0.5) is 0 Å². The third-order valence-electron chi connectivity index (χ3n) is 3.72.